The van der Waals surface area contributed by atoms with Gasteiger partial charge in [-0.1, -0.05) is 35.5 Å². The third kappa shape index (κ3) is 5.64. The summed E-state index contributed by atoms with van der Waals surface area (Å²) >= 11 is 0. The van der Waals surface area contributed by atoms with Crippen molar-refractivity contribution in [2.24, 2.45) is 5.92 Å². The minimum atomic E-state index is -0.299. The Morgan fingerprint density at radius 1 is 1.26 bits per heavy atom. The molecule has 1 fully saturated rings. The van der Waals surface area contributed by atoms with E-state index in [9.17, 15) is 4.79 Å². The third-order valence-electron chi connectivity index (χ3n) is 5.90. The molecular weight excluding hydrogens is 450 g/mol. The van der Waals surface area contributed by atoms with E-state index in [0.717, 1.165) is 5.56 Å². The summed E-state index contributed by atoms with van der Waals surface area (Å²) in [5.74, 6) is 2.17. The fourth-order valence-corrected chi connectivity index (χ4v) is 3.72. The van der Waals surface area contributed by atoms with Crippen molar-refractivity contribution in [3.8, 4) is 17.4 Å². The number of anilines is 1. The van der Waals surface area contributed by atoms with Gasteiger partial charge in [-0.05, 0) is 36.3 Å². The first-order valence-electron chi connectivity index (χ1n) is 11.9. The SMILES string of the molecule is COc1c(OCCCO)cc(C(=O)C[n+]2nc3ccc(OCC4CC4)nn3c2N)cc1C(C)(C)C. The Bertz CT molecular complexity index is 1210. The fourth-order valence-electron chi connectivity index (χ4n) is 3.72. The lowest BCUT2D eigenvalue weighted by Gasteiger charge is -2.25. The van der Waals surface area contributed by atoms with Crippen LogP contribution in [0.25, 0.3) is 5.65 Å². The average molecular weight is 485 g/mol. The molecule has 0 spiro atoms. The number of carbonyl (C=O) groups excluding carboxylic acids is 1. The van der Waals surface area contributed by atoms with Gasteiger partial charge in [0.15, 0.2) is 23.8 Å². The van der Waals surface area contributed by atoms with E-state index < -0.39 is 0 Å². The van der Waals surface area contributed by atoms with E-state index in [4.69, 9.17) is 25.1 Å². The summed E-state index contributed by atoms with van der Waals surface area (Å²) in [5.41, 5.74) is 7.81. The molecule has 0 amide bonds. The molecule has 0 bridgehead atoms. The van der Waals surface area contributed by atoms with Gasteiger partial charge in [-0.3, -0.25) is 10.5 Å². The smallest absolute Gasteiger partial charge is 0.401 e. The number of aliphatic hydroxyl groups excluding tert-OH is 1. The number of aromatic nitrogens is 4. The maximum atomic E-state index is 13.3. The Balaban J connectivity index is 1.61. The first-order chi connectivity index (χ1) is 16.7. The Hall–Kier alpha value is -3.40. The van der Waals surface area contributed by atoms with Crippen molar-refractivity contribution in [3.05, 3.63) is 35.4 Å². The average Bonchev–Trinajstić information content (AvgIpc) is 3.61. The number of fused-ring (bicyclic) bond motifs is 1. The summed E-state index contributed by atoms with van der Waals surface area (Å²) in [7, 11) is 1.58. The molecule has 0 aliphatic heterocycles. The zero-order valence-corrected chi connectivity index (χ0v) is 20.8. The van der Waals surface area contributed by atoms with E-state index in [0.29, 0.717) is 54.1 Å². The number of rotatable bonds is 11. The van der Waals surface area contributed by atoms with Gasteiger partial charge in [-0.15, -0.1) is 4.68 Å². The largest absolute Gasteiger partial charge is 0.493 e. The van der Waals surface area contributed by atoms with Gasteiger partial charge in [0.25, 0.3) is 5.65 Å². The number of nitrogens with two attached hydrogens (primary N) is 1. The van der Waals surface area contributed by atoms with E-state index in [2.05, 4.69) is 10.2 Å². The van der Waals surface area contributed by atoms with Crippen LogP contribution in [0, 0.1) is 5.92 Å². The lowest BCUT2D eigenvalue weighted by atomic mass is 9.84. The van der Waals surface area contributed by atoms with E-state index in [1.807, 2.05) is 26.8 Å². The molecule has 2 heterocycles. The van der Waals surface area contributed by atoms with Crippen LogP contribution in [0.15, 0.2) is 24.3 Å². The first kappa shape index (κ1) is 24.7. The highest BCUT2D eigenvalue weighted by molar-refractivity contribution is 5.96. The lowest BCUT2D eigenvalue weighted by Crippen LogP contribution is -2.42. The summed E-state index contributed by atoms with van der Waals surface area (Å²) in [6.07, 6.45) is 2.85. The summed E-state index contributed by atoms with van der Waals surface area (Å²) in [4.78, 5) is 13.3. The quantitative estimate of drug-likeness (QED) is 0.241. The number of carbonyl (C=O) groups is 1. The van der Waals surface area contributed by atoms with Gasteiger partial charge >= 0.3 is 5.95 Å². The van der Waals surface area contributed by atoms with E-state index in [1.165, 1.54) is 22.0 Å². The molecule has 1 aliphatic rings. The summed E-state index contributed by atoms with van der Waals surface area (Å²) in [6, 6.07) is 7.02. The van der Waals surface area contributed by atoms with Crippen molar-refractivity contribution in [1.29, 1.82) is 0 Å². The van der Waals surface area contributed by atoms with Gasteiger partial charge in [0.05, 0.1) is 20.3 Å². The molecule has 0 saturated heterocycles. The highest BCUT2D eigenvalue weighted by Gasteiger charge is 2.27. The number of nitrogens with zero attached hydrogens (tertiary/aromatic N) is 4. The molecule has 4 rings (SSSR count). The second-order valence-electron chi connectivity index (χ2n) is 9.87. The van der Waals surface area contributed by atoms with Crippen molar-refractivity contribution >= 4 is 17.4 Å². The molecule has 10 heteroatoms. The van der Waals surface area contributed by atoms with Crippen molar-refractivity contribution < 1.29 is 28.8 Å². The van der Waals surface area contributed by atoms with Crippen LogP contribution in [0.5, 0.6) is 17.4 Å². The molecule has 1 aromatic carbocycles. The standard InChI is InChI=1S/C25H33N5O5/c1-25(2,3)18-12-17(13-20(23(18)33-4)34-11-5-10-31)19(32)14-29-24(26)30-21(27-29)8-9-22(28-30)35-15-16-6-7-16/h8-9,12-13,16,26,31H,5-7,10-11,14-15H2,1-4H3/p+1. The number of nitrogen functional groups attached to an aromatic ring is 1. The van der Waals surface area contributed by atoms with Crippen LogP contribution in [-0.2, 0) is 12.0 Å². The number of hydrogen-bond acceptors (Lipinski definition) is 8. The third-order valence-corrected chi connectivity index (χ3v) is 5.90. The highest BCUT2D eigenvalue weighted by atomic mass is 16.5. The van der Waals surface area contributed by atoms with Gasteiger partial charge in [0, 0.05) is 36.3 Å². The second kappa shape index (κ2) is 10.1. The van der Waals surface area contributed by atoms with Crippen LogP contribution in [0.1, 0.15) is 56.0 Å². The molecule has 0 radical (unpaired) electrons. The molecule has 0 unspecified atom stereocenters. The Morgan fingerprint density at radius 2 is 2.03 bits per heavy atom. The zero-order valence-electron chi connectivity index (χ0n) is 20.8. The van der Waals surface area contributed by atoms with Crippen molar-refractivity contribution in [2.75, 3.05) is 32.7 Å². The number of aliphatic hydroxyl groups is 1. The van der Waals surface area contributed by atoms with Crippen LogP contribution in [-0.4, -0.2) is 52.5 Å². The number of ketones is 1. The summed E-state index contributed by atoms with van der Waals surface area (Å²) in [6.45, 7) is 7.01. The molecule has 1 aliphatic carbocycles. The van der Waals surface area contributed by atoms with Gasteiger partial charge in [-0.25, -0.2) is 0 Å². The second-order valence-corrected chi connectivity index (χ2v) is 9.87. The van der Waals surface area contributed by atoms with Crippen LogP contribution in [0.2, 0.25) is 0 Å². The van der Waals surface area contributed by atoms with E-state index in [-0.39, 0.29) is 30.3 Å². The van der Waals surface area contributed by atoms with E-state index >= 15 is 0 Å². The monoisotopic (exact) mass is 484 g/mol. The maximum Gasteiger partial charge on any atom is 0.401 e. The van der Waals surface area contributed by atoms with Gasteiger partial charge in [0.2, 0.25) is 5.88 Å². The predicted molar refractivity (Wildman–Crippen MR) is 129 cm³/mol. The Morgan fingerprint density at radius 3 is 2.69 bits per heavy atom. The molecule has 3 N–H and O–H groups in total. The minimum Gasteiger partial charge on any atom is -0.493 e. The summed E-state index contributed by atoms with van der Waals surface area (Å²) in [5, 5.41) is 18.0. The molecule has 2 aromatic heterocycles. The molecule has 35 heavy (non-hydrogen) atoms. The van der Waals surface area contributed by atoms with Crippen molar-refractivity contribution in [1.82, 2.24) is 14.7 Å². The van der Waals surface area contributed by atoms with E-state index in [1.54, 1.807) is 25.3 Å². The topological polar surface area (TPSA) is 125 Å². The Labute approximate surface area is 204 Å². The van der Waals surface area contributed by atoms with Crippen LogP contribution < -0.4 is 24.6 Å². The van der Waals surface area contributed by atoms with Crippen molar-refractivity contribution in [2.45, 2.75) is 52.0 Å². The minimum absolute atomic E-state index is 0.0121. The van der Waals surface area contributed by atoms with Gasteiger partial charge in [0.1, 0.15) is 0 Å². The number of methoxy groups -OCH3 is 1. The van der Waals surface area contributed by atoms with Gasteiger partial charge in [-0.2, -0.15) is 0 Å². The molecule has 188 valence electrons. The lowest BCUT2D eigenvalue weighted by molar-refractivity contribution is -0.723. The number of Topliss-reactive ketones (excluding diaryl/α,β-unsaturated/α-hetero) is 1. The van der Waals surface area contributed by atoms with Crippen LogP contribution >= 0.6 is 0 Å². The zero-order chi connectivity index (χ0) is 25.2. The molecule has 1 saturated carbocycles. The Kier molecular flexibility index (Phi) is 7.11. The maximum absolute atomic E-state index is 13.3. The van der Waals surface area contributed by atoms with Crippen LogP contribution in [0.4, 0.5) is 5.95 Å². The predicted octanol–water partition coefficient (Wildman–Crippen LogP) is 2.34. The summed E-state index contributed by atoms with van der Waals surface area (Å²) < 4.78 is 20.2. The first-order valence-corrected chi connectivity index (χ1v) is 11.9. The van der Waals surface area contributed by atoms with Crippen molar-refractivity contribution in [3.63, 3.8) is 0 Å². The number of ether oxygens (including phenoxy) is 3. The number of hydrogen-bond donors (Lipinski definition) is 2. The molecule has 3 aromatic rings. The molecule has 10 nitrogen and oxygen atoms in total. The van der Waals surface area contributed by atoms with Crippen LogP contribution in [0.3, 0.4) is 0 Å². The highest BCUT2D eigenvalue weighted by Crippen LogP contribution is 2.40. The molecular formula is C25H34N5O5+. The number of benzene rings is 1. The molecule has 0 atom stereocenters. The van der Waals surface area contributed by atoms with Gasteiger partial charge < -0.3 is 19.3 Å². The normalized spacial score (nSPS) is 13.7. The fraction of sp³-hybridized carbons (Fsp3) is 0.520.